The van der Waals surface area contributed by atoms with Gasteiger partial charge < -0.3 is 4.57 Å². The Balaban J connectivity index is 2.52. The molecule has 0 aliphatic carbocycles. The van der Waals surface area contributed by atoms with Crippen LogP contribution >= 0.6 is 12.6 Å². The summed E-state index contributed by atoms with van der Waals surface area (Å²) >= 11 is 3.72. The fraction of sp³-hybridized carbons (Fsp3) is 0.100. The Bertz CT molecular complexity index is 493. The van der Waals surface area contributed by atoms with Crippen LogP contribution < -0.4 is 0 Å². The molecule has 5 heteroatoms. The maximum atomic E-state index is 11.1. The Morgan fingerprint density at radius 2 is 1.93 bits per heavy atom. The number of thiol groups is 1. The number of carbonyl (C=O) groups excluding carboxylic acids is 1. The predicted octanol–water partition coefficient (Wildman–Crippen LogP) is 1.55. The van der Waals surface area contributed by atoms with E-state index in [1.807, 2.05) is 30.3 Å². The lowest BCUT2D eigenvalue weighted by Crippen LogP contribution is -2.02. The van der Waals surface area contributed by atoms with Gasteiger partial charge in [-0.25, -0.2) is 0 Å². The maximum Gasteiger partial charge on any atom is 0.253 e. The Labute approximate surface area is 92.4 Å². The zero-order valence-corrected chi connectivity index (χ0v) is 8.98. The zero-order chi connectivity index (χ0) is 10.8. The van der Waals surface area contributed by atoms with Crippen LogP contribution in [0.15, 0.2) is 30.3 Å². The third-order valence-corrected chi connectivity index (χ3v) is 2.30. The molecule has 0 amide bonds. The van der Waals surface area contributed by atoms with E-state index in [-0.39, 0.29) is 10.9 Å². The van der Waals surface area contributed by atoms with Crippen molar-refractivity contribution in [3.05, 3.63) is 36.2 Å². The van der Waals surface area contributed by atoms with Gasteiger partial charge in [-0.1, -0.05) is 43.0 Å². The van der Waals surface area contributed by atoms with Crippen LogP contribution in [0.5, 0.6) is 0 Å². The van der Waals surface area contributed by atoms with Gasteiger partial charge in [-0.3, -0.25) is 4.79 Å². The predicted molar refractivity (Wildman–Crippen MR) is 59.8 cm³/mol. The van der Waals surface area contributed by atoms with E-state index in [2.05, 4.69) is 22.8 Å². The van der Waals surface area contributed by atoms with Crippen molar-refractivity contribution in [1.29, 1.82) is 0 Å². The van der Waals surface area contributed by atoms with E-state index in [0.29, 0.717) is 5.82 Å². The average molecular weight is 219 g/mol. The van der Waals surface area contributed by atoms with E-state index < -0.39 is 0 Å². The number of nitrogens with zero attached hydrogens (tertiary/aromatic N) is 3. The second kappa shape index (κ2) is 3.86. The second-order valence-electron chi connectivity index (χ2n) is 3.08. The Kier molecular flexibility index (Phi) is 2.55. The average Bonchev–Trinajstić information content (AvgIpc) is 2.61. The van der Waals surface area contributed by atoms with Crippen LogP contribution in [0.3, 0.4) is 0 Å². The molecule has 0 unspecified atom stereocenters. The summed E-state index contributed by atoms with van der Waals surface area (Å²) in [4.78, 5) is 11.1. The number of carbonyl (C=O) groups is 1. The van der Waals surface area contributed by atoms with Gasteiger partial charge in [0.2, 0.25) is 5.82 Å². The molecule has 0 atom stereocenters. The second-order valence-corrected chi connectivity index (χ2v) is 3.48. The molecule has 0 spiro atoms. The van der Waals surface area contributed by atoms with Crippen molar-refractivity contribution >= 4 is 17.7 Å². The standard InChI is InChI=1S/C10H9N3OS/c1-13-8(7-5-3-2-4-6-7)11-12-9(13)10(14)15/h2-6H,1H3,(H,14,15). The van der Waals surface area contributed by atoms with Crippen molar-refractivity contribution in [1.82, 2.24) is 14.8 Å². The molecule has 0 bridgehead atoms. The first kappa shape index (κ1) is 9.92. The lowest BCUT2D eigenvalue weighted by Gasteiger charge is -2.00. The summed E-state index contributed by atoms with van der Waals surface area (Å²) in [6.45, 7) is 0. The molecule has 0 radical (unpaired) electrons. The first-order valence-electron chi connectivity index (χ1n) is 4.38. The van der Waals surface area contributed by atoms with Crippen molar-refractivity contribution in [3.63, 3.8) is 0 Å². The highest BCUT2D eigenvalue weighted by Crippen LogP contribution is 2.16. The highest BCUT2D eigenvalue weighted by Gasteiger charge is 2.13. The third-order valence-electron chi connectivity index (χ3n) is 2.10. The Hall–Kier alpha value is -1.62. The SMILES string of the molecule is Cn1c(C(=O)S)nnc1-c1ccccc1. The van der Waals surface area contributed by atoms with Gasteiger partial charge in [0.15, 0.2) is 5.82 Å². The summed E-state index contributed by atoms with van der Waals surface area (Å²) in [6.07, 6.45) is 0. The first-order valence-corrected chi connectivity index (χ1v) is 4.83. The zero-order valence-electron chi connectivity index (χ0n) is 8.08. The molecule has 1 heterocycles. The molecular formula is C10H9N3OS. The van der Waals surface area contributed by atoms with Gasteiger partial charge >= 0.3 is 0 Å². The van der Waals surface area contributed by atoms with Crippen molar-refractivity contribution in [2.75, 3.05) is 0 Å². The summed E-state index contributed by atoms with van der Waals surface area (Å²) in [5.74, 6) is 0.908. The number of rotatable bonds is 2. The van der Waals surface area contributed by atoms with Crippen LogP contribution in [0.2, 0.25) is 0 Å². The maximum absolute atomic E-state index is 11.1. The van der Waals surface area contributed by atoms with E-state index in [4.69, 9.17) is 0 Å². The van der Waals surface area contributed by atoms with Crippen LogP contribution in [-0.4, -0.2) is 19.9 Å². The van der Waals surface area contributed by atoms with Gasteiger partial charge in [-0.05, 0) is 0 Å². The van der Waals surface area contributed by atoms with Crippen LogP contribution in [-0.2, 0) is 7.05 Å². The number of hydrogen-bond acceptors (Lipinski definition) is 3. The molecule has 2 aromatic rings. The molecule has 76 valence electrons. The van der Waals surface area contributed by atoms with Gasteiger partial charge in [-0.15, -0.1) is 10.2 Å². The minimum absolute atomic E-state index is 0.247. The lowest BCUT2D eigenvalue weighted by atomic mass is 10.2. The van der Waals surface area contributed by atoms with Crippen LogP contribution in [0.25, 0.3) is 11.4 Å². The van der Waals surface area contributed by atoms with Gasteiger partial charge in [-0.2, -0.15) is 0 Å². The Morgan fingerprint density at radius 1 is 1.27 bits per heavy atom. The fourth-order valence-electron chi connectivity index (χ4n) is 1.35. The molecule has 2 rings (SSSR count). The molecule has 0 aliphatic rings. The van der Waals surface area contributed by atoms with Crippen molar-refractivity contribution < 1.29 is 4.79 Å². The molecule has 0 saturated heterocycles. The molecule has 1 aromatic carbocycles. The summed E-state index contributed by atoms with van der Waals surface area (Å²) in [7, 11) is 1.74. The molecule has 4 nitrogen and oxygen atoms in total. The lowest BCUT2D eigenvalue weighted by molar-refractivity contribution is 0.107. The largest absolute Gasteiger partial charge is 0.307 e. The van der Waals surface area contributed by atoms with Gasteiger partial charge in [0.1, 0.15) is 0 Å². The van der Waals surface area contributed by atoms with E-state index >= 15 is 0 Å². The van der Waals surface area contributed by atoms with Crippen molar-refractivity contribution in [3.8, 4) is 11.4 Å². The summed E-state index contributed by atoms with van der Waals surface area (Å²) < 4.78 is 1.63. The quantitative estimate of drug-likeness (QED) is 0.780. The topological polar surface area (TPSA) is 47.8 Å². The normalized spacial score (nSPS) is 10.3. The third kappa shape index (κ3) is 1.78. The van der Waals surface area contributed by atoms with Crippen molar-refractivity contribution in [2.45, 2.75) is 0 Å². The van der Waals surface area contributed by atoms with E-state index in [9.17, 15) is 4.79 Å². The minimum atomic E-state index is -0.382. The number of benzene rings is 1. The monoisotopic (exact) mass is 219 g/mol. The van der Waals surface area contributed by atoms with Crippen LogP contribution in [0, 0.1) is 0 Å². The first-order chi connectivity index (χ1) is 7.20. The van der Waals surface area contributed by atoms with Crippen LogP contribution in [0.4, 0.5) is 0 Å². The Morgan fingerprint density at radius 3 is 2.47 bits per heavy atom. The minimum Gasteiger partial charge on any atom is -0.307 e. The molecule has 15 heavy (non-hydrogen) atoms. The highest BCUT2D eigenvalue weighted by molar-refractivity contribution is 7.97. The summed E-state index contributed by atoms with van der Waals surface area (Å²) in [5.41, 5.74) is 0.924. The summed E-state index contributed by atoms with van der Waals surface area (Å²) in [6, 6.07) is 9.57. The fourth-order valence-corrected chi connectivity index (χ4v) is 1.55. The molecule has 0 saturated carbocycles. The van der Waals surface area contributed by atoms with Crippen molar-refractivity contribution in [2.24, 2.45) is 7.05 Å². The molecule has 0 aliphatic heterocycles. The van der Waals surface area contributed by atoms with Gasteiger partial charge in [0.05, 0.1) is 0 Å². The molecule has 0 fully saturated rings. The van der Waals surface area contributed by atoms with E-state index in [1.54, 1.807) is 11.6 Å². The molecule has 0 N–H and O–H groups in total. The molecular weight excluding hydrogens is 210 g/mol. The highest BCUT2D eigenvalue weighted by atomic mass is 32.1. The van der Waals surface area contributed by atoms with Crippen LogP contribution in [0.1, 0.15) is 10.6 Å². The number of aromatic nitrogens is 3. The van der Waals surface area contributed by atoms with Gasteiger partial charge in [0.25, 0.3) is 5.12 Å². The van der Waals surface area contributed by atoms with E-state index in [0.717, 1.165) is 5.56 Å². The van der Waals surface area contributed by atoms with E-state index in [1.165, 1.54) is 0 Å². The number of hydrogen-bond donors (Lipinski definition) is 1. The smallest absolute Gasteiger partial charge is 0.253 e. The molecule has 1 aromatic heterocycles. The van der Waals surface area contributed by atoms with Gasteiger partial charge in [0, 0.05) is 12.6 Å². The summed E-state index contributed by atoms with van der Waals surface area (Å²) in [5, 5.41) is 7.35.